The molecule has 0 unspecified atom stereocenters. The highest BCUT2D eigenvalue weighted by Crippen LogP contribution is 2.12. The van der Waals surface area contributed by atoms with Crippen molar-refractivity contribution in [3.05, 3.63) is 30.5 Å². The summed E-state index contributed by atoms with van der Waals surface area (Å²) in [7, 11) is 0. The third-order valence-corrected chi connectivity index (χ3v) is 2.75. The number of nitrogens with one attached hydrogen (secondary N) is 2. The zero-order valence-electron chi connectivity index (χ0n) is 11.4. The van der Waals surface area contributed by atoms with Gasteiger partial charge in [-0.3, -0.25) is 0 Å². The number of aromatic nitrogens is 4. The summed E-state index contributed by atoms with van der Waals surface area (Å²) in [4.78, 5) is 12.7. The Labute approximate surface area is 113 Å². The molecule has 0 saturated heterocycles. The lowest BCUT2D eigenvalue weighted by Gasteiger charge is -2.10. The molecule has 6 nitrogen and oxygen atoms in total. The van der Waals surface area contributed by atoms with Crippen LogP contribution in [0.5, 0.6) is 0 Å². The summed E-state index contributed by atoms with van der Waals surface area (Å²) in [6, 6.07) is 0. The molecule has 102 valence electrons. The summed E-state index contributed by atoms with van der Waals surface area (Å²) >= 11 is 0. The van der Waals surface area contributed by atoms with E-state index in [2.05, 4.69) is 30.2 Å². The quantitative estimate of drug-likeness (QED) is 0.744. The average molecular weight is 260 g/mol. The molecule has 2 heterocycles. The molecular weight excluding hydrogens is 240 g/mol. The summed E-state index contributed by atoms with van der Waals surface area (Å²) in [5, 5.41) is 6.46. The van der Waals surface area contributed by atoms with Crippen LogP contribution in [0.25, 0.3) is 0 Å². The molecule has 0 aliphatic carbocycles. The molecule has 6 heteroatoms. The standard InChI is InChI=1S/C13H20N6/c1-3-15-13-17-9-11(2)12(18-13)16-5-4-7-19-8-6-14-10-19/h6,8-10H,3-5,7H2,1-2H3,(H2,15,16,17,18). The van der Waals surface area contributed by atoms with E-state index in [4.69, 9.17) is 0 Å². The highest BCUT2D eigenvalue weighted by molar-refractivity contribution is 5.46. The van der Waals surface area contributed by atoms with Crippen LogP contribution in [0.1, 0.15) is 18.9 Å². The Bertz CT molecular complexity index is 494. The maximum atomic E-state index is 4.44. The van der Waals surface area contributed by atoms with E-state index in [1.807, 2.05) is 32.6 Å². The Morgan fingerprint density at radius 3 is 2.95 bits per heavy atom. The molecule has 0 aromatic carbocycles. The predicted octanol–water partition coefficient (Wildman–Crippen LogP) is 1.92. The van der Waals surface area contributed by atoms with Crippen LogP contribution in [0, 0.1) is 6.92 Å². The molecule has 0 atom stereocenters. The SMILES string of the molecule is CCNc1ncc(C)c(NCCCn2ccnc2)n1. The van der Waals surface area contributed by atoms with Crippen LogP contribution in [0.2, 0.25) is 0 Å². The van der Waals surface area contributed by atoms with Crippen molar-refractivity contribution in [2.75, 3.05) is 23.7 Å². The highest BCUT2D eigenvalue weighted by Gasteiger charge is 2.02. The molecular formula is C13H20N6. The minimum absolute atomic E-state index is 0.671. The van der Waals surface area contributed by atoms with E-state index >= 15 is 0 Å². The van der Waals surface area contributed by atoms with E-state index in [-0.39, 0.29) is 0 Å². The number of imidazole rings is 1. The Kier molecular flexibility index (Phi) is 4.72. The van der Waals surface area contributed by atoms with Gasteiger partial charge < -0.3 is 15.2 Å². The van der Waals surface area contributed by atoms with Crippen LogP contribution < -0.4 is 10.6 Å². The van der Waals surface area contributed by atoms with Gasteiger partial charge in [-0.25, -0.2) is 9.97 Å². The van der Waals surface area contributed by atoms with Crippen LogP contribution in [-0.4, -0.2) is 32.6 Å². The van der Waals surface area contributed by atoms with E-state index < -0.39 is 0 Å². The van der Waals surface area contributed by atoms with Crippen LogP contribution in [0.15, 0.2) is 24.9 Å². The summed E-state index contributed by atoms with van der Waals surface area (Å²) in [6.07, 6.45) is 8.46. The van der Waals surface area contributed by atoms with Gasteiger partial charge in [0.2, 0.25) is 5.95 Å². The smallest absolute Gasteiger partial charge is 0.224 e. The first-order chi connectivity index (χ1) is 9.29. The number of rotatable bonds is 7. The molecule has 0 saturated carbocycles. The van der Waals surface area contributed by atoms with Gasteiger partial charge in [0.05, 0.1) is 6.33 Å². The summed E-state index contributed by atoms with van der Waals surface area (Å²) in [5.41, 5.74) is 1.06. The van der Waals surface area contributed by atoms with E-state index in [0.29, 0.717) is 5.95 Å². The van der Waals surface area contributed by atoms with Gasteiger partial charge in [0.25, 0.3) is 0 Å². The molecule has 0 fully saturated rings. The maximum Gasteiger partial charge on any atom is 0.224 e. The fourth-order valence-electron chi connectivity index (χ4n) is 1.75. The number of hydrogen-bond donors (Lipinski definition) is 2. The molecule has 2 aromatic rings. The van der Waals surface area contributed by atoms with Gasteiger partial charge in [-0.05, 0) is 20.3 Å². The van der Waals surface area contributed by atoms with Crippen molar-refractivity contribution < 1.29 is 0 Å². The molecule has 0 aliphatic rings. The average Bonchev–Trinajstić information content (AvgIpc) is 2.91. The van der Waals surface area contributed by atoms with E-state index in [1.54, 1.807) is 6.20 Å². The first kappa shape index (κ1) is 13.3. The molecule has 2 N–H and O–H groups in total. The summed E-state index contributed by atoms with van der Waals surface area (Å²) in [5.74, 6) is 1.57. The van der Waals surface area contributed by atoms with Crippen molar-refractivity contribution in [1.82, 2.24) is 19.5 Å². The zero-order valence-corrected chi connectivity index (χ0v) is 11.4. The Hall–Kier alpha value is -2.11. The number of hydrogen-bond acceptors (Lipinski definition) is 5. The van der Waals surface area contributed by atoms with Crippen molar-refractivity contribution in [2.45, 2.75) is 26.8 Å². The highest BCUT2D eigenvalue weighted by atomic mass is 15.1. The Balaban J connectivity index is 1.83. The molecule has 0 spiro atoms. The van der Waals surface area contributed by atoms with Crippen molar-refractivity contribution in [2.24, 2.45) is 0 Å². The first-order valence-electron chi connectivity index (χ1n) is 6.56. The number of nitrogens with zero attached hydrogens (tertiary/aromatic N) is 4. The Morgan fingerprint density at radius 2 is 2.21 bits per heavy atom. The third-order valence-electron chi connectivity index (χ3n) is 2.75. The minimum atomic E-state index is 0.671. The summed E-state index contributed by atoms with van der Waals surface area (Å²) in [6.45, 7) is 6.69. The number of anilines is 2. The van der Waals surface area contributed by atoms with Crippen LogP contribution >= 0.6 is 0 Å². The van der Waals surface area contributed by atoms with Gasteiger partial charge in [0, 0.05) is 43.8 Å². The third kappa shape index (κ3) is 3.94. The zero-order chi connectivity index (χ0) is 13.5. The first-order valence-corrected chi connectivity index (χ1v) is 6.56. The molecule has 0 aliphatic heterocycles. The minimum Gasteiger partial charge on any atom is -0.370 e. The lowest BCUT2D eigenvalue weighted by atomic mass is 10.3. The van der Waals surface area contributed by atoms with Gasteiger partial charge in [0.1, 0.15) is 5.82 Å². The van der Waals surface area contributed by atoms with Crippen molar-refractivity contribution in [3.63, 3.8) is 0 Å². The largest absolute Gasteiger partial charge is 0.370 e. The molecule has 19 heavy (non-hydrogen) atoms. The van der Waals surface area contributed by atoms with Gasteiger partial charge >= 0.3 is 0 Å². The number of aryl methyl sites for hydroxylation is 2. The molecule has 2 aromatic heterocycles. The second-order valence-corrected chi connectivity index (χ2v) is 4.34. The van der Waals surface area contributed by atoms with Gasteiger partial charge in [-0.1, -0.05) is 0 Å². The van der Waals surface area contributed by atoms with Crippen molar-refractivity contribution in [1.29, 1.82) is 0 Å². The molecule has 0 amide bonds. The van der Waals surface area contributed by atoms with Crippen LogP contribution in [0.3, 0.4) is 0 Å². The normalized spacial score (nSPS) is 10.4. The molecule has 0 radical (unpaired) electrons. The van der Waals surface area contributed by atoms with E-state index in [9.17, 15) is 0 Å². The second-order valence-electron chi connectivity index (χ2n) is 4.34. The van der Waals surface area contributed by atoms with E-state index in [0.717, 1.165) is 37.4 Å². The predicted molar refractivity (Wildman–Crippen MR) is 76.3 cm³/mol. The molecule has 0 bridgehead atoms. The van der Waals surface area contributed by atoms with Crippen molar-refractivity contribution in [3.8, 4) is 0 Å². The van der Waals surface area contributed by atoms with Crippen LogP contribution in [-0.2, 0) is 6.54 Å². The lowest BCUT2D eigenvalue weighted by molar-refractivity contribution is 0.660. The van der Waals surface area contributed by atoms with E-state index in [1.165, 1.54) is 0 Å². The maximum absolute atomic E-state index is 4.44. The van der Waals surface area contributed by atoms with Crippen molar-refractivity contribution >= 4 is 11.8 Å². The fraction of sp³-hybridized carbons (Fsp3) is 0.462. The van der Waals surface area contributed by atoms with Crippen LogP contribution in [0.4, 0.5) is 11.8 Å². The van der Waals surface area contributed by atoms with Gasteiger partial charge in [-0.15, -0.1) is 0 Å². The Morgan fingerprint density at radius 1 is 1.32 bits per heavy atom. The lowest BCUT2D eigenvalue weighted by Crippen LogP contribution is -2.10. The van der Waals surface area contributed by atoms with Gasteiger partial charge in [0.15, 0.2) is 0 Å². The summed E-state index contributed by atoms with van der Waals surface area (Å²) < 4.78 is 2.07. The van der Waals surface area contributed by atoms with Gasteiger partial charge in [-0.2, -0.15) is 4.98 Å². The molecule has 2 rings (SSSR count). The fourth-order valence-corrected chi connectivity index (χ4v) is 1.75. The second kappa shape index (κ2) is 6.72. The monoisotopic (exact) mass is 260 g/mol. The topological polar surface area (TPSA) is 67.7 Å².